The van der Waals surface area contributed by atoms with Gasteiger partial charge in [-0.1, -0.05) is 6.92 Å². The summed E-state index contributed by atoms with van der Waals surface area (Å²) >= 11 is 0. The highest BCUT2D eigenvalue weighted by Gasteiger charge is 2.34. The van der Waals surface area contributed by atoms with Crippen LogP contribution in [0.5, 0.6) is 5.75 Å². The molecule has 1 aromatic rings. The molecule has 104 valence electrons. The van der Waals surface area contributed by atoms with Crippen LogP contribution < -0.4 is 10.1 Å². The first-order chi connectivity index (χ1) is 8.98. The molecule has 1 heterocycles. The molecule has 0 radical (unpaired) electrons. The molecule has 1 aromatic carbocycles. The van der Waals surface area contributed by atoms with Crippen molar-refractivity contribution in [2.75, 3.05) is 19.8 Å². The summed E-state index contributed by atoms with van der Waals surface area (Å²) in [5.74, 6) is -0.0398. The molecule has 1 atom stereocenters. The molecule has 0 bridgehead atoms. The van der Waals surface area contributed by atoms with Gasteiger partial charge in [-0.05, 0) is 31.2 Å². The molecule has 0 aliphatic carbocycles. The molecule has 1 N–H and O–H groups in total. The van der Waals surface area contributed by atoms with Gasteiger partial charge < -0.3 is 14.8 Å². The lowest BCUT2D eigenvalue weighted by Gasteiger charge is -2.38. The van der Waals surface area contributed by atoms with Crippen molar-refractivity contribution in [3.63, 3.8) is 0 Å². The number of ether oxygens (including phenoxy) is 2. The molecule has 1 saturated heterocycles. The fourth-order valence-electron chi connectivity index (χ4n) is 1.77. The lowest BCUT2D eigenvalue weighted by atomic mass is 9.89. The molecule has 1 aliphatic rings. The molecule has 1 amide bonds. The number of nitrogens with one attached hydrogen (secondary N) is 1. The van der Waals surface area contributed by atoms with Gasteiger partial charge in [0.1, 0.15) is 11.6 Å². The zero-order valence-electron chi connectivity index (χ0n) is 11.1. The predicted molar refractivity (Wildman–Crippen MR) is 68.4 cm³/mol. The third-order valence-corrected chi connectivity index (χ3v) is 3.09. The highest BCUT2D eigenvalue weighted by atomic mass is 19.1. The molecule has 5 heteroatoms. The molecule has 4 nitrogen and oxygen atoms in total. The Kier molecular flexibility index (Phi) is 4.04. The van der Waals surface area contributed by atoms with Crippen LogP contribution in [0.25, 0.3) is 0 Å². The van der Waals surface area contributed by atoms with Crippen molar-refractivity contribution < 1.29 is 18.7 Å². The number of carbonyl (C=O) groups excluding carboxylic acids is 1. The fraction of sp³-hybridized carbons (Fsp3) is 0.500. The number of hydrogen-bond donors (Lipinski definition) is 1. The van der Waals surface area contributed by atoms with Crippen molar-refractivity contribution in [2.24, 2.45) is 5.41 Å². The van der Waals surface area contributed by atoms with Gasteiger partial charge in [0.25, 0.3) is 5.91 Å². The second kappa shape index (κ2) is 5.57. The second-order valence-electron chi connectivity index (χ2n) is 5.24. The third-order valence-electron chi connectivity index (χ3n) is 3.09. The minimum absolute atomic E-state index is 0.0330. The molecule has 0 spiro atoms. The maximum Gasteiger partial charge on any atom is 0.260 e. The summed E-state index contributed by atoms with van der Waals surface area (Å²) in [4.78, 5) is 11.9. The van der Waals surface area contributed by atoms with E-state index in [0.29, 0.717) is 25.5 Å². The van der Waals surface area contributed by atoms with Gasteiger partial charge in [-0.25, -0.2) is 4.39 Å². The fourth-order valence-corrected chi connectivity index (χ4v) is 1.77. The van der Waals surface area contributed by atoms with Crippen LogP contribution in [-0.2, 0) is 9.53 Å². The van der Waals surface area contributed by atoms with Gasteiger partial charge in [-0.15, -0.1) is 0 Å². The summed E-state index contributed by atoms with van der Waals surface area (Å²) in [5, 5.41) is 2.84. The molecule has 19 heavy (non-hydrogen) atoms. The highest BCUT2D eigenvalue weighted by molar-refractivity contribution is 5.80. The largest absolute Gasteiger partial charge is 0.481 e. The van der Waals surface area contributed by atoms with Crippen LogP contribution >= 0.6 is 0 Å². The third kappa shape index (κ3) is 3.67. The van der Waals surface area contributed by atoms with E-state index in [9.17, 15) is 9.18 Å². The van der Waals surface area contributed by atoms with Crippen molar-refractivity contribution in [3.05, 3.63) is 30.1 Å². The Morgan fingerprint density at radius 1 is 1.47 bits per heavy atom. The van der Waals surface area contributed by atoms with Crippen molar-refractivity contribution in [1.29, 1.82) is 0 Å². The zero-order chi connectivity index (χ0) is 13.9. The summed E-state index contributed by atoms with van der Waals surface area (Å²) < 4.78 is 23.3. The van der Waals surface area contributed by atoms with Gasteiger partial charge in [-0.2, -0.15) is 0 Å². The van der Waals surface area contributed by atoms with Crippen molar-refractivity contribution in [1.82, 2.24) is 5.32 Å². The number of hydrogen-bond acceptors (Lipinski definition) is 3. The monoisotopic (exact) mass is 267 g/mol. The number of carbonyl (C=O) groups is 1. The van der Waals surface area contributed by atoms with Crippen LogP contribution in [-0.4, -0.2) is 31.8 Å². The van der Waals surface area contributed by atoms with E-state index in [1.807, 2.05) is 0 Å². The number of amides is 1. The molecular weight excluding hydrogens is 249 g/mol. The SMILES string of the molecule is CC(Oc1ccc(F)cc1)C(=O)NCC1(C)COC1. The zero-order valence-corrected chi connectivity index (χ0v) is 11.1. The van der Waals surface area contributed by atoms with Crippen molar-refractivity contribution >= 4 is 5.91 Å². The molecular formula is C14H18FNO3. The highest BCUT2D eigenvalue weighted by Crippen LogP contribution is 2.25. The summed E-state index contributed by atoms with van der Waals surface area (Å²) in [5.41, 5.74) is 0.0330. The van der Waals surface area contributed by atoms with Gasteiger partial charge in [-0.3, -0.25) is 4.79 Å². The first-order valence-electron chi connectivity index (χ1n) is 6.26. The van der Waals surface area contributed by atoms with Crippen LogP contribution in [0.1, 0.15) is 13.8 Å². The predicted octanol–water partition coefficient (Wildman–Crippen LogP) is 1.75. The van der Waals surface area contributed by atoms with E-state index in [2.05, 4.69) is 12.2 Å². The van der Waals surface area contributed by atoms with Crippen molar-refractivity contribution in [3.8, 4) is 5.75 Å². The number of benzene rings is 1. The van der Waals surface area contributed by atoms with Gasteiger partial charge >= 0.3 is 0 Å². The van der Waals surface area contributed by atoms with E-state index in [0.717, 1.165) is 0 Å². The van der Waals surface area contributed by atoms with Gasteiger partial charge in [0.15, 0.2) is 6.10 Å². The van der Waals surface area contributed by atoms with Crippen LogP contribution in [0.2, 0.25) is 0 Å². The Morgan fingerprint density at radius 3 is 2.63 bits per heavy atom. The van der Waals surface area contributed by atoms with E-state index in [-0.39, 0.29) is 17.1 Å². The minimum Gasteiger partial charge on any atom is -0.481 e. The maximum absolute atomic E-state index is 12.7. The van der Waals surface area contributed by atoms with Crippen molar-refractivity contribution in [2.45, 2.75) is 20.0 Å². The molecule has 1 aliphatic heterocycles. The van der Waals surface area contributed by atoms with Crippen LogP contribution in [0.15, 0.2) is 24.3 Å². The van der Waals surface area contributed by atoms with E-state index in [4.69, 9.17) is 9.47 Å². The Bertz CT molecular complexity index is 443. The average Bonchev–Trinajstić information content (AvgIpc) is 2.36. The minimum atomic E-state index is -0.616. The lowest BCUT2D eigenvalue weighted by Crippen LogP contribution is -2.50. The van der Waals surface area contributed by atoms with Gasteiger partial charge in [0, 0.05) is 12.0 Å². The standard InChI is InChI=1S/C14H18FNO3/c1-10(19-12-5-3-11(15)4-6-12)13(17)16-7-14(2)8-18-9-14/h3-6,10H,7-9H2,1-2H3,(H,16,17). The van der Waals surface area contributed by atoms with E-state index in [1.165, 1.54) is 24.3 Å². The van der Waals surface area contributed by atoms with E-state index in [1.54, 1.807) is 6.92 Å². The van der Waals surface area contributed by atoms with Crippen LogP contribution in [0.4, 0.5) is 4.39 Å². The Balaban J connectivity index is 1.80. The summed E-state index contributed by atoms with van der Waals surface area (Å²) in [6.45, 7) is 5.63. The first kappa shape index (κ1) is 13.8. The van der Waals surface area contributed by atoms with Gasteiger partial charge in [0.2, 0.25) is 0 Å². The molecule has 0 saturated carbocycles. The smallest absolute Gasteiger partial charge is 0.260 e. The number of halogens is 1. The summed E-state index contributed by atoms with van der Waals surface area (Å²) in [6.07, 6.45) is -0.616. The average molecular weight is 267 g/mol. The van der Waals surface area contributed by atoms with E-state index < -0.39 is 6.10 Å². The first-order valence-corrected chi connectivity index (χ1v) is 6.26. The molecule has 0 aromatic heterocycles. The van der Waals surface area contributed by atoms with Gasteiger partial charge in [0.05, 0.1) is 13.2 Å². The quantitative estimate of drug-likeness (QED) is 0.884. The van der Waals surface area contributed by atoms with E-state index >= 15 is 0 Å². The van der Waals surface area contributed by atoms with Crippen LogP contribution in [0.3, 0.4) is 0 Å². The number of rotatable bonds is 5. The molecule has 2 rings (SSSR count). The summed E-state index contributed by atoms with van der Waals surface area (Å²) in [7, 11) is 0. The lowest BCUT2D eigenvalue weighted by molar-refractivity contribution is -0.132. The second-order valence-corrected chi connectivity index (χ2v) is 5.24. The van der Waals surface area contributed by atoms with Crippen LogP contribution in [0, 0.1) is 11.2 Å². The summed E-state index contributed by atoms with van der Waals surface area (Å²) in [6, 6.07) is 5.60. The molecule has 1 fully saturated rings. The Morgan fingerprint density at radius 2 is 2.11 bits per heavy atom. The maximum atomic E-state index is 12.7. The Hall–Kier alpha value is -1.62. The molecule has 1 unspecified atom stereocenters. The normalized spacial score (nSPS) is 18.3. The Labute approximate surface area is 111 Å². The topological polar surface area (TPSA) is 47.6 Å².